The van der Waals surface area contributed by atoms with Crippen LogP contribution in [-0.2, 0) is 9.47 Å². The van der Waals surface area contributed by atoms with E-state index in [-0.39, 0.29) is 12.1 Å². The normalized spacial score (nSPS) is 21.3. The summed E-state index contributed by atoms with van der Waals surface area (Å²) in [7, 11) is 0. The van der Waals surface area contributed by atoms with Gasteiger partial charge in [-0.2, -0.15) is 0 Å². The fourth-order valence-electron chi connectivity index (χ4n) is 3.09. The molecule has 1 unspecified atom stereocenters. The highest BCUT2D eigenvalue weighted by atomic mass is 16.6. The van der Waals surface area contributed by atoms with E-state index in [1.54, 1.807) is 0 Å². The van der Waals surface area contributed by atoms with Crippen LogP contribution < -0.4 is 15.5 Å². The number of rotatable bonds is 4. The van der Waals surface area contributed by atoms with Crippen LogP contribution in [0.5, 0.6) is 0 Å². The predicted octanol–water partition coefficient (Wildman–Crippen LogP) is 2.13. The lowest BCUT2D eigenvalue weighted by atomic mass is 10.1. The Morgan fingerprint density at radius 2 is 2.13 bits per heavy atom. The van der Waals surface area contributed by atoms with Gasteiger partial charge in [-0.25, -0.2) is 4.79 Å². The van der Waals surface area contributed by atoms with E-state index < -0.39 is 0 Å². The fraction of sp³-hybridized carbons (Fsp3) is 0.588. The minimum atomic E-state index is -0.208. The first-order chi connectivity index (χ1) is 11.2. The third kappa shape index (κ3) is 4.14. The highest BCUT2D eigenvalue weighted by molar-refractivity contribution is 5.91. The third-order valence-corrected chi connectivity index (χ3v) is 4.38. The van der Waals surface area contributed by atoms with Gasteiger partial charge in [0, 0.05) is 31.0 Å². The van der Waals surface area contributed by atoms with Gasteiger partial charge in [-0.05, 0) is 37.5 Å². The number of amides is 2. The molecule has 0 bridgehead atoms. The van der Waals surface area contributed by atoms with Gasteiger partial charge in [-0.15, -0.1) is 0 Å². The molecule has 2 amide bonds. The molecule has 3 rings (SSSR count). The summed E-state index contributed by atoms with van der Waals surface area (Å²) < 4.78 is 10.8. The first-order valence-corrected chi connectivity index (χ1v) is 8.33. The van der Waals surface area contributed by atoms with Gasteiger partial charge < -0.3 is 25.0 Å². The Morgan fingerprint density at radius 1 is 1.30 bits per heavy atom. The largest absolute Gasteiger partial charge is 0.376 e. The minimum absolute atomic E-state index is 0.0634. The van der Waals surface area contributed by atoms with Crippen LogP contribution in [-0.4, -0.2) is 51.6 Å². The minimum Gasteiger partial charge on any atom is -0.376 e. The van der Waals surface area contributed by atoms with Gasteiger partial charge >= 0.3 is 6.03 Å². The summed E-state index contributed by atoms with van der Waals surface area (Å²) in [5.74, 6) is 0. The second-order valence-electron chi connectivity index (χ2n) is 6.05. The van der Waals surface area contributed by atoms with E-state index >= 15 is 0 Å². The maximum absolute atomic E-state index is 12.1. The summed E-state index contributed by atoms with van der Waals surface area (Å²) in [6.07, 6.45) is 2.41. The van der Waals surface area contributed by atoms with Crippen LogP contribution in [0.2, 0.25) is 0 Å². The second kappa shape index (κ2) is 7.66. The molecule has 2 saturated heterocycles. The molecule has 2 N–H and O–H groups in total. The van der Waals surface area contributed by atoms with Gasteiger partial charge in [0.05, 0.1) is 25.9 Å². The standard InChI is InChI=1S/C17H25N3O3/c1-13-15(5-4-6-16(13)20-7-2-3-8-20)19-17(21)18-11-14-12-22-9-10-23-14/h4-6,14H,2-3,7-12H2,1H3,(H2,18,19,21). The first kappa shape index (κ1) is 16.1. The number of hydrogen-bond acceptors (Lipinski definition) is 4. The number of anilines is 2. The lowest BCUT2D eigenvalue weighted by Crippen LogP contribution is -2.41. The number of nitrogens with one attached hydrogen (secondary N) is 2. The Morgan fingerprint density at radius 3 is 2.87 bits per heavy atom. The van der Waals surface area contributed by atoms with E-state index in [9.17, 15) is 4.79 Å². The number of urea groups is 1. The van der Waals surface area contributed by atoms with Crippen molar-refractivity contribution in [2.75, 3.05) is 49.7 Å². The molecule has 2 heterocycles. The number of carbonyl (C=O) groups excluding carboxylic acids is 1. The highest BCUT2D eigenvalue weighted by Gasteiger charge is 2.18. The van der Waals surface area contributed by atoms with Crippen LogP contribution in [0.25, 0.3) is 0 Å². The maximum atomic E-state index is 12.1. The smallest absolute Gasteiger partial charge is 0.319 e. The summed E-state index contributed by atoms with van der Waals surface area (Å²) in [4.78, 5) is 14.5. The highest BCUT2D eigenvalue weighted by Crippen LogP contribution is 2.29. The fourth-order valence-corrected chi connectivity index (χ4v) is 3.09. The Hall–Kier alpha value is -1.79. The molecule has 23 heavy (non-hydrogen) atoms. The average Bonchev–Trinajstić information content (AvgIpc) is 3.10. The molecule has 6 heteroatoms. The van der Waals surface area contributed by atoms with Crippen molar-refractivity contribution in [1.82, 2.24) is 5.32 Å². The topological polar surface area (TPSA) is 62.8 Å². The zero-order chi connectivity index (χ0) is 16.1. The Balaban J connectivity index is 1.56. The van der Waals surface area contributed by atoms with Crippen molar-refractivity contribution in [1.29, 1.82) is 0 Å². The summed E-state index contributed by atoms with van der Waals surface area (Å²) >= 11 is 0. The van der Waals surface area contributed by atoms with Crippen molar-refractivity contribution in [3.05, 3.63) is 23.8 Å². The molecule has 1 aromatic carbocycles. The Bertz CT molecular complexity index is 538. The van der Waals surface area contributed by atoms with Crippen LogP contribution in [0.1, 0.15) is 18.4 Å². The molecular formula is C17H25N3O3. The van der Waals surface area contributed by atoms with Crippen LogP contribution in [0, 0.1) is 6.92 Å². The molecular weight excluding hydrogens is 294 g/mol. The monoisotopic (exact) mass is 319 g/mol. The van der Waals surface area contributed by atoms with Crippen LogP contribution in [0.15, 0.2) is 18.2 Å². The molecule has 0 radical (unpaired) electrons. The molecule has 6 nitrogen and oxygen atoms in total. The molecule has 2 aliphatic rings. The van der Waals surface area contributed by atoms with Gasteiger partial charge in [0.15, 0.2) is 0 Å². The van der Waals surface area contributed by atoms with Gasteiger partial charge in [-0.3, -0.25) is 0 Å². The van der Waals surface area contributed by atoms with Crippen molar-refractivity contribution in [2.24, 2.45) is 0 Å². The SMILES string of the molecule is Cc1c(NC(=O)NCC2COCCO2)cccc1N1CCCC1. The maximum Gasteiger partial charge on any atom is 0.319 e. The van der Waals surface area contributed by atoms with Crippen molar-refractivity contribution in [3.63, 3.8) is 0 Å². The van der Waals surface area contributed by atoms with Crippen molar-refractivity contribution >= 4 is 17.4 Å². The Kier molecular flexibility index (Phi) is 5.35. The Labute approximate surface area is 137 Å². The van der Waals surface area contributed by atoms with E-state index in [0.717, 1.165) is 24.3 Å². The van der Waals surface area contributed by atoms with Crippen LogP contribution in [0.4, 0.5) is 16.2 Å². The van der Waals surface area contributed by atoms with E-state index in [4.69, 9.17) is 9.47 Å². The number of ether oxygens (including phenoxy) is 2. The summed E-state index contributed by atoms with van der Waals surface area (Å²) in [6.45, 7) is 6.45. The zero-order valence-electron chi connectivity index (χ0n) is 13.6. The lowest BCUT2D eigenvalue weighted by Gasteiger charge is -2.24. The second-order valence-corrected chi connectivity index (χ2v) is 6.05. The van der Waals surface area contributed by atoms with E-state index in [1.807, 2.05) is 12.1 Å². The van der Waals surface area contributed by atoms with Crippen molar-refractivity contribution in [3.8, 4) is 0 Å². The van der Waals surface area contributed by atoms with Gasteiger partial charge in [-0.1, -0.05) is 6.07 Å². The predicted molar refractivity (Wildman–Crippen MR) is 90.2 cm³/mol. The molecule has 0 aromatic heterocycles. The van der Waals surface area contributed by atoms with Crippen molar-refractivity contribution in [2.45, 2.75) is 25.9 Å². The molecule has 1 atom stereocenters. The summed E-state index contributed by atoms with van der Waals surface area (Å²) in [5, 5.41) is 5.79. The molecule has 1 aromatic rings. The third-order valence-electron chi connectivity index (χ3n) is 4.38. The molecule has 0 spiro atoms. The van der Waals surface area contributed by atoms with E-state index in [0.29, 0.717) is 26.4 Å². The average molecular weight is 319 g/mol. The summed E-state index contributed by atoms with van der Waals surface area (Å²) in [5.41, 5.74) is 3.18. The van der Waals surface area contributed by atoms with Gasteiger partial charge in [0.2, 0.25) is 0 Å². The number of hydrogen-bond donors (Lipinski definition) is 2. The van der Waals surface area contributed by atoms with Gasteiger partial charge in [0.1, 0.15) is 0 Å². The zero-order valence-corrected chi connectivity index (χ0v) is 13.6. The number of carbonyl (C=O) groups is 1. The van der Waals surface area contributed by atoms with Crippen LogP contribution >= 0.6 is 0 Å². The molecule has 2 fully saturated rings. The molecule has 126 valence electrons. The number of nitrogens with zero attached hydrogens (tertiary/aromatic N) is 1. The number of benzene rings is 1. The molecule has 0 aliphatic carbocycles. The van der Waals surface area contributed by atoms with Crippen molar-refractivity contribution < 1.29 is 14.3 Å². The molecule has 0 saturated carbocycles. The lowest BCUT2D eigenvalue weighted by molar-refractivity contribution is -0.0852. The quantitative estimate of drug-likeness (QED) is 0.892. The van der Waals surface area contributed by atoms with E-state index in [1.165, 1.54) is 18.5 Å². The van der Waals surface area contributed by atoms with Crippen LogP contribution in [0.3, 0.4) is 0 Å². The molecule has 2 aliphatic heterocycles. The first-order valence-electron chi connectivity index (χ1n) is 8.33. The summed E-state index contributed by atoms with van der Waals surface area (Å²) in [6, 6.07) is 5.85. The van der Waals surface area contributed by atoms with E-state index in [2.05, 4.69) is 28.5 Å². The van der Waals surface area contributed by atoms with Gasteiger partial charge in [0.25, 0.3) is 0 Å².